The number of aromatic amines is 1. The molecule has 1 amide bonds. The van der Waals surface area contributed by atoms with Crippen molar-refractivity contribution in [1.29, 1.82) is 0 Å². The van der Waals surface area contributed by atoms with Crippen LogP contribution in [0.15, 0.2) is 95.7 Å². The number of anilines is 2. The zero-order chi connectivity index (χ0) is 42.9. The summed E-state index contributed by atoms with van der Waals surface area (Å²) in [5, 5.41) is 26.5. The lowest BCUT2D eigenvalue weighted by Gasteiger charge is -2.39. The largest absolute Gasteiger partial charge is 0.455 e. The smallest absolute Gasteiger partial charge is 0.293 e. The molecular weight excluding hydrogens is 818 g/mol. The van der Waals surface area contributed by atoms with E-state index in [0.29, 0.717) is 30.8 Å². The fraction of sp³-hybridized carbons (Fsp3) is 0.378. The van der Waals surface area contributed by atoms with Crippen LogP contribution in [0.3, 0.4) is 0 Å². The lowest BCUT2D eigenvalue weighted by molar-refractivity contribution is -0.384. The molecule has 0 bridgehead atoms. The van der Waals surface area contributed by atoms with Crippen LogP contribution in [0.1, 0.15) is 68.3 Å². The highest BCUT2D eigenvalue weighted by Gasteiger charge is 2.31. The number of piperazine rings is 1. The van der Waals surface area contributed by atoms with Gasteiger partial charge in [0.2, 0.25) is 0 Å². The van der Waals surface area contributed by atoms with E-state index in [0.717, 1.165) is 80.6 Å². The van der Waals surface area contributed by atoms with E-state index < -0.39 is 37.5 Å². The number of ether oxygens (including phenoxy) is 1. The Balaban J connectivity index is 1.00. The number of carbonyl (C=O) groups excluding carboxylic acids is 1. The number of hydrogen-bond acceptors (Lipinski definition) is 11. The van der Waals surface area contributed by atoms with Crippen LogP contribution in [0.2, 0.25) is 5.02 Å². The van der Waals surface area contributed by atoms with Crippen molar-refractivity contribution < 1.29 is 28.0 Å². The molecule has 14 nitrogen and oxygen atoms in total. The Kier molecular flexibility index (Phi) is 12.1. The Bertz CT molecular complexity index is 2590. The number of nitrogens with one attached hydrogen (secondary N) is 3. The molecule has 0 spiro atoms. The summed E-state index contributed by atoms with van der Waals surface area (Å²) < 4.78 is 35.7. The summed E-state index contributed by atoms with van der Waals surface area (Å²) in [4.78, 5) is 37.0. The fourth-order valence-electron chi connectivity index (χ4n) is 8.68. The molecule has 16 heteroatoms. The fourth-order valence-corrected chi connectivity index (χ4v) is 9.80. The molecule has 8 rings (SSSR count). The first-order chi connectivity index (χ1) is 29.2. The third kappa shape index (κ3) is 9.86. The molecule has 4 N–H and O–H groups in total. The van der Waals surface area contributed by atoms with E-state index in [-0.39, 0.29) is 28.3 Å². The zero-order valence-electron chi connectivity index (χ0n) is 34.2. The monoisotopic (exact) mass is 867 g/mol. The lowest BCUT2D eigenvalue weighted by atomic mass is 9.72. The Morgan fingerprint density at radius 3 is 2.57 bits per heavy atom. The molecule has 61 heavy (non-hydrogen) atoms. The quantitative estimate of drug-likeness (QED) is 0.0659. The summed E-state index contributed by atoms with van der Waals surface area (Å²) in [6.45, 7) is 9.00. The second kappa shape index (κ2) is 17.5. The second-order valence-corrected chi connectivity index (χ2v) is 19.3. The molecule has 1 saturated heterocycles. The van der Waals surface area contributed by atoms with Gasteiger partial charge in [-0.3, -0.25) is 19.8 Å². The Hall–Kier alpha value is -5.48. The number of nitrogens with zero attached hydrogens (tertiary/aromatic N) is 4. The van der Waals surface area contributed by atoms with E-state index in [2.05, 4.69) is 55.8 Å². The van der Waals surface area contributed by atoms with Gasteiger partial charge in [0, 0.05) is 73.7 Å². The van der Waals surface area contributed by atoms with Gasteiger partial charge in [0.05, 0.1) is 27.7 Å². The highest BCUT2D eigenvalue weighted by atomic mass is 35.5. The molecular formula is C45H50ClN7O7S. The summed E-state index contributed by atoms with van der Waals surface area (Å²) in [5.74, 6) is -0.365. The first kappa shape index (κ1) is 42.2. The summed E-state index contributed by atoms with van der Waals surface area (Å²) in [6, 6.07) is 20.3. The van der Waals surface area contributed by atoms with Crippen molar-refractivity contribution in [2.45, 2.75) is 63.4 Å². The number of allylic oxidation sites excluding steroid dienone is 1. The molecule has 1 aliphatic heterocycles. The van der Waals surface area contributed by atoms with Crippen molar-refractivity contribution in [1.82, 2.24) is 19.6 Å². The van der Waals surface area contributed by atoms with Gasteiger partial charge in [-0.2, -0.15) is 0 Å². The van der Waals surface area contributed by atoms with Gasteiger partial charge < -0.3 is 25.0 Å². The number of amides is 1. The average Bonchev–Trinajstić information content (AvgIpc) is 3.89. The number of H-pyrrole nitrogens is 1. The maximum Gasteiger partial charge on any atom is 0.293 e. The summed E-state index contributed by atoms with van der Waals surface area (Å²) >= 11 is 6.24. The number of aliphatic hydroxyl groups is 1. The van der Waals surface area contributed by atoms with E-state index in [1.807, 2.05) is 18.2 Å². The number of sulfonamides is 1. The molecule has 0 unspecified atom stereocenters. The van der Waals surface area contributed by atoms with Crippen LogP contribution in [0.25, 0.3) is 16.6 Å². The maximum absolute atomic E-state index is 13.9. The molecule has 3 aromatic carbocycles. The van der Waals surface area contributed by atoms with Crippen LogP contribution >= 0.6 is 11.6 Å². The van der Waals surface area contributed by atoms with E-state index in [4.69, 9.17) is 16.3 Å². The Labute approximate surface area is 360 Å². The number of aliphatic hydroxyl groups excluding tert-OH is 1. The maximum atomic E-state index is 13.9. The number of fused-ring (bicyclic) bond motifs is 1. The van der Waals surface area contributed by atoms with Crippen molar-refractivity contribution in [2.75, 3.05) is 49.5 Å². The minimum Gasteiger partial charge on any atom is -0.455 e. The van der Waals surface area contributed by atoms with Gasteiger partial charge in [0.1, 0.15) is 22.8 Å². The summed E-state index contributed by atoms with van der Waals surface area (Å²) in [5.41, 5.74) is 5.43. The summed E-state index contributed by atoms with van der Waals surface area (Å²) in [6.07, 6.45) is 8.10. The van der Waals surface area contributed by atoms with Crippen LogP contribution in [0.5, 0.6) is 11.5 Å². The SMILES string of the molecule is CC1(C)CCC(CN2CCN(c3ccc(C(=O)NS(=O)(=O)c4ccc(NC[C@H]5CC[C@@H](O)C5)c([N+](=O)[O-])c4)c(Oc4cnc5[nH]ccc5c4)c3)CC2)=C(c2ccc(Cl)cc2)C1. The van der Waals surface area contributed by atoms with E-state index >= 15 is 0 Å². The topological polar surface area (TPSA) is 183 Å². The van der Waals surface area contributed by atoms with Crippen molar-refractivity contribution in [3.63, 3.8) is 0 Å². The molecule has 2 fully saturated rings. The first-order valence-electron chi connectivity index (χ1n) is 20.7. The van der Waals surface area contributed by atoms with Crippen molar-refractivity contribution >= 4 is 61.2 Å². The second-order valence-electron chi connectivity index (χ2n) is 17.1. The van der Waals surface area contributed by atoms with Crippen LogP contribution in [0, 0.1) is 21.4 Å². The molecule has 5 aromatic rings. The molecule has 2 atom stereocenters. The molecule has 320 valence electrons. The number of benzene rings is 3. The van der Waals surface area contributed by atoms with Crippen LogP contribution in [-0.2, 0) is 10.0 Å². The molecule has 0 radical (unpaired) electrons. The van der Waals surface area contributed by atoms with Crippen LogP contribution < -0.4 is 19.7 Å². The third-order valence-electron chi connectivity index (χ3n) is 12.1. The van der Waals surface area contributed by atoms with Crippen LogP contribution in [0.4, 0.5) is 17.1 Å². The number of rotatable bonds is 13. The van der Waals surface area contributed by atoms with Gasteiger partial charge in [-0.1, -0.05) is 43.2 Å². The van der Waals surface area contributed by atoms with Gasteiger partial charge in [0.25, 0.3) is 21.6 Å². The first-order valence-corrected chi connectivity index (χ1v) is 22.5. The van der Waals surface area contributed by atoms with Crippen molar-refractivity contribution in [3.8, 4) is 11.5 Å². The predicted molar refractivity (Wildman–Crippen MR) is 237 cm³/mol. The van der Waals surface area contributed by atoms with Gasteiger partial charge >= 0.3 is 0 Å². The normalized spacial score (nSPS) is 19.6. The van der Waals surface area contributed by atoms with Gasteiger partial charge in [0.15, 0.2) is 0 Å². The Morgan fingerprint density at radius 1 is 1.05 bits per heavy atom. The number of aromatic nitrogens is 2. The molecule has 3 heterocycles. The highest BCUT2D eigenvalue weighted by molar-refractivity contribution is 7.90. The molecule has 1 saturated carbocycles. The minimum atomic E-state index is -4.57. The zero-order valence-corrected chi connectivity index (χ0v) is 35.8. The van der Waals surface area contributed by atoms with Crippen LogP contribution in [-0.4, -0.2) is 84.6 Å². The molecule has 3 aliphatic rings. The predicted octanol–water partition coefficient (Wildman–Crippen LogP) is 8.39. The minimum absolute atomic E-state index is 0.0476. The number of nitro benzene ring substituents is 1. The standard InChI is InChI=1S/C45H50ClN7O7S/c1-45(2)15-13-32(39(25-45)30-4-6-33(46)7-5-30)28-51-17-19-52(20-18-51)34-8-11-38(42(23-34)60-36-22-31-14-16-47-43(31)49-27-36)44(55)50-61(58,59)37-10-12-40(41(24-37)53(56)57)48-26-29-3-9-35(54)21-29/h4-8,10-12,14,16,22-24,27,29,35,48,54H,3,9,13,15,17-21,25-26,28H2,1-2H3,(H,47,49)(H,50,55)/t29-,35+/m0/s1. The average molecular weight is 868 g/mol. The molecule has 2 aliphatic carbocycles. The highest BCUT2D eigenvalue weighted by Crippen LogP contribution is 2.43. The number of halogens is 1. The van der Waals surface area contributed by atoms with Gasteiger partial charge in [-0.15, -0.1) is 0 Å². The summed E-state index contributed by atoms with van der Waals surface area (Å²) in [7, 11) is -4.57. The molecule has 2 aromatic heterocycles. The number of hydrogen-bond donors (Lipinski definition) is 4. The van der Waals surface area contributed by atoms with Gasteiger partial charge in [-0.25, -0.2) is 18.1 Å². The van der Waals surface area contributed by atoms with E-state index in [1.165, 1.54) is 41.1 Å². The van der Waals surface area contributed by atoms with Crippen molar-refractivity contribution in [3.05, 3.63) is 117 Å². The number of nitro groups is 1. The lowest BCUT2D eigenvalue weighted by Crippen LogP contribution is -2.47. The number of pyridine rings is 1. The van der Waals surface area contributed by atoms with Crippen molar-refractivity contribution in [2.24, 2.45) is 11.3 Å². The Morgan fingerprint density at radius 2 is 1.84 bits per heavy atom. The number of carbonyl (C=O) groups is 1. The third-order valence-corrected chi connectivity index (χ3v) is 13.7. The van der Waals surface area contributed by atoms with Gasteiger partial charge in [-0.05, 0) is 110 Å². The van der Waals surface area contributed by atoms with E-state index in [1.54, 1.807) is 24.4 Å². The van der Waals surface area contributed by atoms with E-state index in [9.17, 15) is 28.4 Å².